The number of carbonyl (C=O) groups is 1. The highest BCUT2D eigenvalue weighted by Crippen LogP contribution is 2.42. The van der Waals surface area contributed by atoms with Crippen molar-refractivity contribution in [3.05, 3.63) is 88.7 Å². The van der Waals surface area contributed by atoms with Gasteiger partial charge in [-0.25, -0.2) is 12.8 Å². The highest BCUT2D eigenvalue weighted by atomic mass is 35.5. The lowest BCUT2D eigenvalue weighted by molar-refractivity contribution is 0.0511. The number of methoxy groups -OCH3 is 1. The average molecular weight is 656 g/mol. The summed E-state index contributed by atoms with van der Waals surface area (Å²) in [6, 6.07) is 19.2. The molecule has 3 fully saturated rings. The van der Waals surface area contributed by atoms with Gasteiger partial charge in [-0.05, 0) is 86.4 Å². The molecular weight excluding hydrogens is 617 g/mol. The Balaban J connectivity index is 1.18. The van der Waals surface area contributed by atoms with Crippen LogP contribution in [0.15, 0.2) is 71.6 Å². The molecule has 2 atom stereocenters. The number of benzene rings is 3. The van der Waals surface area contributed by atoms with Gasteiger partial charge in [-0.1, -0.05) is 41.9 Å². The number of piperazine rings is 1. The minimum Gasteiger partial charge on any atom is -0.465 e. The van der Waals surface area contributed by atoms with E-state index in [4.69, 9.17) is 21.1 Å². The maximum atomic E-state index is 13.9. The molecule has 6 rings (SSSR count). The van der Waals surface area contributed by atoms with Gasteiger partial charge in [0.25, 0.3) is 5.91 Å². The molecule has 45 heavy (non-hydrogen) atoms. The van der Waals surface area contributed by atoms with Gasteiger partial charge in [0.05, 0.1) is 21.2 Å². The Hall–Kier alpha value is -3.18. The Morgan fingerprint density at radius 2 is 1.67 bits per heavy atom. The topological polar surface area (TPSA) is 79.4 Å². The van der Waals surface area contributed by atoms with E-state index in [2.05, 4.69) is 29.2 Å². The number of anilines is 1. The largest absolute Gasteiger partial charge is 0.465 e. The number of nitrogens with zero attached hydrogens (tertiary/aromatic N) is 3. The van der Waals surface area contributed by atoms with Gasteiger partial charge >= 0.3 is 0 Å². The number of sulfonamides is 1. The second-order valence-corrected chi connectivity index (χ2v) is 14.5. The number of aryl methyl sites for hydroxylation is 1. The normalized spacial score (nSPS) is 20.9. The fourth-order valence-electron chi connectivity index (χ4n) is 7.00. The van der Waals surface area contributed by atoms with E-state index in [0.29, 0.717) is 43.5 Å². The summed E-state index contributed by atoms with van der Waals surface area (Å²) in [7, 11) is -2.19. The number of fused-ring (bicyclic) bond motifs is 2. The Morgan fingerprint density at radius 3 is 2.33 bits per heavy atom. The third-order valence-corrected chi connectivity index (χ3v) is 11.6. The van der Waals surface area contributed by atoms with Crippen molar-refractivity contribution in [2.24, 2.45) is 5.92 Å². The second-order valence-electron chi connectivity index (χ2n) is 12.2. The number of rotatable bonds is 10. The van der Waals surface area contributed by atoms with Crippen LogP contribution in [0.4, 0.5) is 10.1 Å². The highest BCUT2D eigenvalue weighted by Gasteiger charge is 2.43. The Morgan fingerprint density at radius 1 is 0.956 bits per heavy atom. The van der Waals surface area contributed by atoms with Crippen molar-refractivity contribution in [2.45, 2.75) is 55.5 Å². The van der Waals surface area contributed by atoms with Crippen LogP contribution in [0.5, 0.6) is 5.75 Å². The van der Waals surface area contributed by atoms with Gasteiger partial charge in [0.2, 0.25) is 10.0 Å². The summed E-state index contributed by atoms with van der Waals surface area (Å²) in [6.07, 6.45) is 5.41. The van der Waals surface area contributed by atoms with Crippen molar-refractivity contribution in [1.82, 2.24) is 9.21 Å². The zero-order valence-electron chi connectivity index (χ0n) is 25.4. The zero-order chi connectivity index (χ0) is 31.6. The molecule has 240 valence electrons. The molecule has 0 radical (unpaired) electrons. The number of likely N-dealkylation sites (tertiary alicyclic amines) is 1. The number of hydrogen-bond donors (Lipinski definition) is 0. The quantitative estimate of drug-likeness (QED) is 0.250. The molecule has 1 amide bonds. The minimum atomic E-state index is -3.72. The van der Waals surface area contributed by atoms with Crippen LogP contribution in [0, 0.1) is 11.7 Å². The number of amides is 1. The first-order valence-corrected chi connectivity index (χ1v) is 17.4. The molecule has 2 bridgehead atoms. The summed E-state index contributed by atoms with van der Waals surface area (Å²) >= 11 is 6.21. The summed E-state index contributed by atoms with van der Waals surface area (Å²) in [5.74, 6) is 0.299. The fraction of sp³-hybridized carbons (Fsp3) is 0.441. The third kappa shape index (κ3) is 6.84. The van der Waals surface area contributed by atoms with E-state index in [9.17, 15) is 17.6 Å². The first kappa shape index (κ1) is 31.8. The monoisotopic (exact) mass is 655 g/mol. The van der Waals surface area contributed by atoms with Gasteiger partial charge in [-0.3, -0.25) is 4.79 Å². The standard InChI is InChI=1S/C34H39ClFN3O5S/c1-43-23-44-33-14-12-29(45(41,42)38-17-15-25(16-18-38)8-7-24-5-3-2-4-6-24)20-32(33)39-27-10-11-28(39)22-37(21-27)34(40)30-13-9-26(36)19-31(30)35/h2-6,9,12-14,19-20,25,27-28H,7-8,10-11,15-18,21-23H2,1H3. The highest BCUT2D eigenvalue weighted by molar-refractivity contribution is 7.89. The Bertz CT molecular complexity index is 1600. The molecule has 3 aliphatic heterocycles. The maximum Gasteiger partial charge on any atom is 0.255 e. The summed E-state index contributed by atoms with van der Waals surface area (Å²) in [5.41, 5.74) is 2.27. The molecular formula is C34H39ClFN3O5S. The molecule has 0 aromatic heterocycles. The van der Waals surface area contributed by atoms with Gasteiger partial charge in [0, 0.05) is 45.4 Å². The van der Waals surface area contributed by atoms with E-state index in [1.54, 1.807) is 27.4 Å². The zero-order valence-corrected chi connectivity index (χ0v) is 27.0. The lowest BCUT2D eigenvalue weighted by Gasteiger charge is -2.43. The second kappa shape index (κ2) is 13.7. The van der Waals surface area contributed by atoms with Crippen molar-refractivity contribution in [3.63, 3.8) is 0 Å². The lowest BCUT2D eigenvalue weighted by atomic mass is 9.91. The van der Waals surface area contributed by atoms with E-state index in [1.165, 1.54) is 24.8 Å². The van der Waals surface area contributed by atoms with E-state index in [-0.39, 0.29) is 40.3 Å². The average Bonchev–Trinajstić information content (AvgIpc) is 3.31. The lowest BCUT2D eigenvalue weighted by Crippen LogP contribution is -2.55. The van der Waals surface area contributed by atoms with Crippen molar-refractivity contribution < 1.29 is 27.1 Å². The molecule has 3 aromatic carbocycles. The van der Waals surface area contributed by atoms with Crippen LogP contribution in [0.25, 0.3) is 0 Å². The van der Waals surface area contributed by atoms with Gasteiger partial charge in [0.15, 0.2) is 6.79 Å². The summed E-state index contributed by atoms with van der Waals surface area (Å²) < 4.78 is 54.1. The summed E-state index contributed by atoms with van der Waals surface area (Å²) in [5, 5.41) is 0.0863. The first-order valence-electron chi connectivity index (χ1n) is 15.6. The van der Waals surface area contributed by atoms with Crippen LogP contribution in [0.2, 0.25) is 5.02 Å². The van der Waals surface area contributed by atoms with Crippen molar-refractivity contribution in [3.8, 4) is 5.75 Å². The molecule has 3 heterocycles. The predicted octanol–water partition coefficient (Wildman–Crippen LogP) is 5.99. The number of ether oxygens (including phenoxy) is 2. The molecule has 3 aromatic rings. The summed E-state index contributed by atoms with van der Waals surface area (Å²) in [6.45, 7) is 1.88. The van der Waals surface area contributed by atoms with Gasteiger partial charge in [-0.15, -0.1) is 0 Å². The SMILES string of the molecule is COCOc1ccc(S(=O)(=O)N2CCC(CCc3ccccc3)CC2)cc1N1C2CCC1CN(C(=O)c1ccc(F)cc1Cl)C2. The van der Waals surface area contributed by atoms with Crippen LogP contribution in [0.3, 0.4) is 0 Å². The van der Waals surface area contributed by atoms with E-state index >= 15 is 0 Å². The fourth-order valence-corrected chi connectivity index (χ4v) is 8.74. The molecule has 0 aliphatic carbocycles. The number of piperidine rings is 1. The van der Waals surface area contributed by atoms with Crippen LogP contribution in [-0.2, 0) is 21.2 Å². The van der Waals surface area contributed by atoms with Crippen molar-refractivity contribution in [2.75, 3.05) is 45.0 Å². The van der Waals surface area contributed by atoms with Crippen molar-refractivity contribution in [1.29, 1.82) is 0 Å². The molecule has 8 nitrogen and oxygen atoms in total. The Kier molecular flexibility index (Phi) is 9.65. The van der Waals surface area contributed by atoms with Crippen molar-refractivity contribution >= 4 is 33.2 Å². The van der Waals surface area contributed by atoms with Gasteiger partial charge in [0.1, 0.15) is 11.6 Å². The predicted molar refractivity (Wildman–Crippen MR) is 172 cm³/mol. The summed E-state index contributed by atoms with van der Waals surface area (Å²) in [4.78, 5) is 17.6. The van der Waals surface area contributed by atoms with Gasteiger partial charge in [-0.2, -0.15) is 4.31 Å². The van der Waals surface area contributed by atoms with E-state index in [0.717, 1.165) is 44.6 Å². The number of carbonyl (C=O) groups excluding carboxylic acids is 1. The van der Waals surface area contributed by atoms with Crippen LogP contribution in [0.1, 0.15) is 48.0 Å². The van der Waals surface area contributed by atoms with E-state index < -0.39 is 15.8 Å². The third-order valence-electron chi connectivity index (χ3n) is 9.37. The molecule has 0 spiro atoms. The number of halogens is 2. The molecule has 3 saturated heterocycles. The van der Waals surface area contributed by atoms with Crippen LogP contribution >= 0.6 is 11.6 Å². The number of hydrogen-bond acceptors (Lipinski definition) is 6. The minimum absolute atomic E-state index is 0.0203. The smallest absolute Gasteiger partial charge is 0.255 e. The van der Waals surface area contributed by atoms with Crippen LogP contribution < -0.4 is 9.64 Å². The molecule has 2 unspecified atom stereocenters. The molecule has 11 heteroatoms. The first-order chi connectivity index (χ1) is 21.7. The van der Waals surface area contributed by atoms with E-state index in [1.807, 2.05) is 6.07 Å². The molecule has 3 aliphatic rings. The molecule has 0 N–H and O–H groups in total. The van der Waals surface area contributed by atoms with Crippen LogP contribution in [-0.4, -0.2) is 75.7 Å². The molecule has 0 saturated carbocycles. The van der Waals surface area contributed by atoms with Gasteiger partial charge < -0.3 is 19.3 Å². The maximum absolute atomic E-state index is 13.9. The Labute approximate surface area is 269 Å².